The second-order valence-electron chi connectivity index (χ2n) is 5.92. The van der Waals surface area contributed by atoms with Crippen molar-refractivity contribution in [3.05, 3.63) is 46.9 Å². The van der Waals surface area contributed by atoms with Gasteiger partial charge in [-0.2, -0.15) is 0 Å². The predicted octanol–water partition coefficient (Wildman–Crippen LogP) is 3.94. The topological polar surface area (TPSA) is 47.0 Å². The molecule has 2 rings (SSSR count). The Hall–Kier alpha value is -1.65. The van der Waals surface area contributed by atoms with Crippen LogP contribution in [0.25, 0.3) is 0 Å². The van der Waals surface area contributed by atoms with Crippen LogP contribution in [0.15, 0.2) is 30.6 Å². The highest BCUT2D eigenvalue weighted by molar-refractivity contribution is 6.30. The van der Waals surface area contributed by atoms with Crippen LogP contribution in [0, 0.1) is 0 Å². The Kier molecular flexibility index (Phi) is 4.80. The lowest BCUT2D eigenvalue weighted by Gasteiger charge is -2.20. The number of halogens is 1. The van der Waals surface area contributed by atoms with Crippen LogP contribution in [-0.2, 0) is 12.0 Å². The molecule has 0 atom stereocenters. The van der Waals surface area contributed by atoms with Crippen LogP contribution in [0.2, 0.25) is 5.02 Å². The average Bonchev–Trinajstić information content (AvgIpc) is 2.37. The van der Waals surface area contributed by atoms with Gasteiger partial charge < -0.3 is 10.1 Å². The van der Waals surface area contributed by atoms with E-state index in [1.54, 1.807) is 18.5 Å². The Morgan fingerprint density at radius 2 is 1.95 bits per heavy atom. The Labute approximate surface area is 130 Å². The average molecular weight is 306 g/mol. The molecule has 0 aliphatic carbocycles. The summed E-state index contributed by atoms with van der Waals surface area (Å²) in [5, 5.41) is 3.68. The van der Waals surface area contributed by atoms with Gasteiger partial charge in [0.1, 0.15) is 5.75 Å². The van der Waals surface area contributed by atoms with Crippen molar-refractivity contribution in [2.75, 3.05) is 7.05 Å². The number of ether oxygens (including phenoxy) is 1. The molecule has 0 amide bonds. The SMILES string of the molecule is CNCc1cc(Oc2cncc(Cl)c2)nc(C(C)(C)C)c1. The quantitative estimate of drug-likeness (QED) is 0.929. The number of hydrogen-bond acceptors (Lipinski definition) is 4. The molecule has 0 aliphatic heterocycles. The van der Waals surface area contributed by atoms with Gasteiger partial charge in [-0.1, -0.05) is 32.4 Å². The third kappa shape index (κ3) is 4.41. The van der Waals surface area contributed by atoms with Gasteiger partial charge in [-0.25, -0.2) is 4.98 Å². The zero-order valence-corrected chi connectivity index (χ0v) is 13.5. The fraction of sp³-hybridized carbons (Fsp3) is 0.375. The molecule has 5 heteroatoms. The molecule has 0 spiro atoms. The van der Waals surface area contributed by atoms with Crippen molar-refractivity contribution in [3.63, 3.8) is 0 Å². The fourth-order valence-corrected chi connectivity index (χ4v) is 2.03. The van der Waals surface area contributed by atoms with Crippen molar-refractivity contribution in [1.82, 2.24) is 15.3 Å². The molecule has 0 aromatic carbocycles. The molecule has 21 heavy (non-hydrogen) atoms. The normalized spacial score (nSPS) is 11.5. The molecule has 2 aromatic heterocycles. The monoisotopic (exact) mass is 305 g/mol. The van der Waals surface area contributed by atoms with Gasteiger partial charge in [-0.15, -0.1) is 0 Å². The molecule has 0 radical (unpaired) electrons. The summed E-state index contributed by atoms with van der Waals surface area (Å²) in [4.78, 5) is 8.60. The van der Waals surface area contributed by atoms with Crippen molar-refractivity contribution in [2.45, 2.75) is 32.7 Å². The van der Waals surface area contributed by atoms with Crippen molar-refractivity contribution in [2.24, 2.45) is 0 Å². The number of nitrogens with one attached hydrogen (secondary N) is 1. The van der Waals surface area contributed by atoms with Gasteiger partial charge in [0, 0.05) is 30.3 Å². The van der Waals surface area contributed by atoms with Crippen molar-refractivity contribution < 1.29 is 4.74 Å². The van der Waals surface area contributed by atoms with E-state index in [0.717, 1.165) is 17.8 Å². The lowest BCUT2D eigenvalue weighted by molar-refractivity contribution is 0.448. The van der Waals surface area contributed by atoms with Gasteiger partial charge in [0.05, 0.1) is 16.9 Å². The largest absolute Gasteiger partial charge is 0.437 e. The number of aromatic nitrogens is 2. The number of pyridine rings is 2. The van der Waals surface area contributed by atoms with Crippen LogP contribution < -0.4 is 10.1 Å². The molecule has 0 saturated heterocycles. The third-order valence-electron chi connectivity index (χ3n) is 2.91. The number of rotatable bonds is 4. The summed E-state index contributed by atoms with van der Waals surface area (Å²) in [6, 6.07) is 5.74. The molecule has 0 saturated carbocycles. The molecule has 2 aromatic rings. The molecular weight excluding hydrogens is 286 g/mol. The first-order valence-electron chi connectivity index (χ1n) is 6.83. The summed E-state index contributed by atoms with van der Waals surface area (Å²) >= 11 is 5.92. The minimum Gasteiger partial charge on any atom is -0.437 e. The van der Waals surface area contributed by atoms with Gasteiger partial charge in [-0.3, -0.25) is 4.98 Å². The maximum absolute atomic E-state index is 5.92. The van der Waals surface area contributed by atoms with Crippen LogP contribution in [0.3, 0.4) is 0 Å². The van der Waals surface area contributed by atoms with Gasteiger partial charge in [0.2, 0.25) is 5.88 Å². The molecule has 2 heterocycles. The van der Waals surface area contributed by atoms with E-state index in [9.17, 15) is 0 Å². The molecule has 0 aliphatic rings. The van der Waals surface area contributed by atoms with Crippen molar-refractivity contribution in [1.29, 1.82) is 0 Å². The zero-order valence-electron chi connectivity index (χ0n) is 12.8. The first kappa shape index (κ1) is 15.7. The van der Waals surface area contributed by atoms with E-state index in [-0.39, 0.29) is 5.41 Å². The Morgan fingerprint density at radius 1 is 1.19 bits per heavy atom. The standard InChI is InChI=1S/C16H20ClN3O/c1-16(2,3)14-5-11(8-18-4)6-15(20-14)21-13-7-12(17)9-19-10-13/h5-7,9-10,18H,8H2,1-4H3. The van der Waals surface area contributed by atoms with Gasteiger partial charge in [-0.05, 0) is 18.7 Å². The Bertz CT molecular complexity index is 623. The van der Waals surface area contributed by atoms with E-state index >= 15 is 0 Å². The summed E-state index contributed by atoms with van der Waals surface area (Å²) in [5.41, 5.74) is 2.07. The summed E-state index contributed by atoms with van der Waals surface area (Å²) in [6.45, 7) is 7.14. The van der Waals surface area contributed by atoms with Crippen LogP contribution >= 0.6 is 11.6 Å². The summed E-state index contributed by atoms with van der Waals surface area (Å²) in [5.74, 6) is 1.13. The number of nitrogens with zero attached hydrogens (tertiary/aromatic N) is 2. The van der Waals surface area contributed by atoms with Crippen molar-refractivity contribution >= 4 is 11.6 Å². The van der Waals surface area contributed by atoms with Crippen LogP contribution in [0.4, 0.5) is 0 Å². The zero-order chi connectivity index (χ0) is 15.5. The minimum absolute atomic E-state index is 0.0472. The molecule has 0 unspecified atom stereocenters. The minimum atomic E-state index is -0.0472. The van der Waals surface area contributed by atoms with Crippen molar-refractivity contribution in [3.8, 4) is 11.6 Å². The molecule has 0 bridgehead atoms. The first-order valence-corrected chi connectivity index (χ1v) is 7.21. The lowest BCUT2D eigenvalue weighted by Crippen LogP contribution is -2.15. The van der Waals surface area contributed by atoms with E-state index in [4.69, 9.17) is 16.3 Å². The lowest BCUT2D eigenvalue weighted by atomic mass is 9.91. The highest BCUT2D eigenvalue weighted by Gasteiger charge is 2.17. The first-order chi connectivity index (χ1) is 9.88. The van der Waals surface area contributed by atoms with Crippen LogP contribution in [0.5, 0.6) is 11.6 Å². The smallest absolute Gasteiger partial charge is 0.219 e. The van der Waals surface area contributed by atoms with E-state index in [1.165, 1.54) is 0 Å². The molecule has 4 nitrogen and oxygen atoms in total. The molecule has 112 valence electrons. The van der Waals surface area contributed by atoms with Crippen LogP contribution in [0.1, 0.15) is 32.0 Å². The van der Waals surface area contributed by atoms with E-state index in [0.29, 0.717) is 16.7 Å². The third-order valence-corrected chi connectivity index (χ3v) is 3.12. The predicted molar refractivity (Wildman–Crippen MR) is 85.0 cm³/mol. The second-order valence-corrected chi connectivity index (χ2v) is 6.36. The van der Waals surface area contributed by atoms with E-state index < -0.39 is 0 Å². The summed E-state index contributed by atoms with van der Waals surface area (Å²) in [6.07, 6.45) is 3.19. The van der Waals surface area contributed by atoms with Crippen LogP contribution in [-0.4, -0.2) is 17.0 Å². The molecule has 0 fully saturated rings. The molecular formula is C16H20ClN3O. The summed E-state index contributed by atoms with van der Waals surface area (Å²) < 4.78 is 5.80. The Morgan fingerprint density at radius 3 is 2.57 bits per heavy atom. The maximum atomic E-state index is 5.92. The molecule has 1 N–H and O–H groups in total. The van der Waals surface area contributed by atoms with Gasteiger partial charge >= 0.3 is 0 Å². The second kappa shape index (κ2) is 6.41. The highest BCUT2D eigenvalue weighted by Crippen LogP contribution is 2.27. The van der Waals surface area contributed by atoms with E-state index in [1.807, 2.05) is 13.1 Å². The van der Waals surface area contributed by atoms with Gasteiger partial charge in [0.25, 0.3) is 0 Å². The van der Waals surface area contributed by atoms with Gasteiger partial charge in [0.15, 0.2) is 0 Å². The Balaban J connectivity index is 2.35. The summed E-state index contributed by atoms with van der Waals surface area (Å²) in [7, 11) is 1.92. The number of hydrogen-bond donors (Lipinski definition) is 1. The maximum Gasteiger partial charge on any atom is 0.219 e. The fourth-order valence-electron chi connectivity index (χ4n) is 1.87. The highest BCUT2D eigenvalue weighted by atomic mass is 35.5. The van der Waals surface area contributed by atoms with E-state index in [2.05, 4.69) is 42.1 Å².